The van der Waals surface area contributed by atoms with Gasteiger partial charge in [0.15, 0.2) is 0 Å². The molecule has 0 saturated carbocycles. The molecule has 17 heavy (non-hydrogen) atoms. The van der Waals surface area contributed by atoms with Gasteiger partial charge in [-0.25, -0.2) is 0 Å². The van der Waals surface area contributed by atoms with Crippen molar-refractivity contribution in [1.82, 2.24) is 0 Å². The van der Waals surface area contributed by atoms with Crippen LogP contribution in [0.1, 0.15) is 5.56 Å². The molecule has 0 saturated heterocycles. The molecule has 3 nitrogen and oxygen atoms in total. The number of ether oxygens (including phenoxy) is 1. The van der Waals surface area contributed by atoms with E-state index in [0.29, 0.717) is 6.61 Å². The van der Waals surface area contributed by atoms with Gasteiger partial charge in [0, 0.05) is 0 Å². The minimum atomic E-state index is 0. The van der Waals surface area contributed by atoms with Crippen molar-refractivity contribution in [3.63, 3.8) is 0 Å². The topological polar surface area (TPSA) is 47.3 Å². The van der Waals surface area contributed by atoms with Gasteiger partial charge in [-0.3, -0.25) is 5.84 Å². The van der Waals surface area contributed by atoms with E-state index in [1.54, 1.807) is 0 Å². The molecule has 0 atom stereocenters. The van der Waals surface area contributed by atoms with Gasteiger partial charge in [-0.2, -0.15) is 0 Å². The number of rotatable bonds is 4. The van der Waals surface area contributed by atoms with Crippen LogP contribution in [0.3, 0.4) is 0 Å². The van der Waals surface area contributed by atoms with E-state index in [9.17, 15) is 0 Å². The Morgan fingerprint density at radius 2 is 1.59 bits per heavy atom. The fraction of sp³-hybridized carbons (Fsp3) is 0.0769. The maximum atomic E-state index is 5.67. The number of halogens is 1. The van der Waals surface area contributed by atoms with Gasteiger partial charge in [-0.1, -0.05) is 42.5 Å². The summed E-state index contributed by atoms with van der Waals surface area (Å²) in [4.78, 5) is 0. The van der Waals surface area contributed by atoms with E-state index in [-0.39, 0.29) is 12.4 Å². The number of nitrogen functional groups attached to an aromatic ring is 1. The minimum Gasteiger partial charge on any atom is -0.487 e. The van der Waals surface area contributed by atoms with Gasteiger partial charge < -0.3 is 10.2 Å². The summed E-state index contributed by atoms with van der Waals surface area (Å²) < 4.78 is 5.67. The van der Waals surface area contributed by atoms with Crippen LogP contribution in [0.5, 0.6) is 5.75 Å². The van der Waals surface area contributed by atoms with Crippen molar-refractivity contribution in [3.8, 4) is 5.75 Å². The van der Waals surface area contributed by atoms with Crippen LogP contribution in [-0.4, -0.2) is 0 Å². The summed E-state index contributed by atoms with van der Waals surface area (Å²) in [6, 6.07) is 17.6. The maximum Gasteiger partial charge on any atom is 0.144 e. The highest BCUT2D eigenvalue weighted by Crippen LogP contribution is 2.23. The molecule has 0 heterocycles. The zero-order chi connectivity index (χ0) is 11.2. The molecule has 2 aromatic carbocycles. The highest BCUT2D eigenvalue weighted by atomic mass is 35.5. The molecule has 0 aliphatic carbocycles. The van der Waals surface area contributed by atoms with Crippen LogP contribution in [-0.2, 0) is 6.61 Å². The Hall–Kier alpha value is -1.71. The maximum absolute atomic E-state index is 5.67. The van der Waals surface area contributed by atoms with Gasteiger partial charge in [0.05, 0.1) is 5.69 Å². The standard InChI is InChI=1S/C13H14N2O.ClH/c14-15-12-8-4-5-9-13(12)16-10-11-6-2-1-3-7-11;/h1-9,15H,10,14H2;1H. The summed E-state index contributed by atoms with van der Waals surface area (Å²) in [5.74, 6) is 6.15. The zero-order valence-electron chi connectivity index (χ0n) is 9.30. The fourth-order valence-corrected chi connectivity index (χ4v) is 1.45. The predicted molar refractivity (Wildman–Crippen MR) is 72.3 cm³/mol. The first-order valence-electron chi connectivity index (χ1n) is 5.12. The summed E-state index contributed by atoms with van der Waals surface area (Å²) in [5, 5.41) is 0. The van der Waals surface area contributed by atoms with E-state index in [4.69, 9.17) is 10.6 Å². The van der Waals surface area contributed by atoms with Crippen LogP contribution in [0.25, 0.3) is 0 Å². The largest absolute Gasteiger partial charge is 0.487 e. The van der Waals surface area contributed by atoms with Crippen LogP contribution in [0.4, 0.5) is 5.69 Å². The molecule has 0 radical (unpaired) electrons. The molecule has 90 valence electrons. The lowest BCUT2D eigenvalue weighted by atomic mass is 10.2. The molecule has 0 aliphatic rings. The Morgan fingerprint density at radius 3 is 2.29 bits per heavy atom. The number of para-hydroxylation sites is 2. The monoisotopic (exact) mass is 250 g/mol. The number of nitrogens with one attached hydrogen (secondary N) is 1. The summed E-state index contributed by atoms with van der Waals surface area (Å²) in [6.45, 7) is 0.541. The number of benzene rings is 2. The summed E-state index contributed by atoms with van der Waals surface area (Å²) >= 11 is 0. The van der Waals surface area contributed by atoms with Crippen LogP contribution in [0.15, 0.2) is 54.6 Å². The third-order valence-corrected chi connectivity index (χ3v) is 2.28. The Bertz CT molecular complexity index is 448. The Labute approximate surface area is 107 Å². The van der Waals surface area contributed by atoms with Gasteiger partial charge in [-0.05, 0) is 17.7 Å². The highest BCUT2D eigenvalue weighted by molar-refractivity contribution is 5.85. The zero-order valence-corrected chi connectivity index (χ0v) is 10.1. The Kier molecular flexibility index (Phi) is 5.33. The van der Waals surface area contributed by atoms with Crippen LogP contribution < -0.4 is 16.0 Å². The van der Waals surface area contributed by atoms with Crippen molar-refractivity contribution in [1.29, 1.82) is 0 Å². The van der Waals surface area contributed by atoms with Gasteiger partial charge in [0.1, 0.15) is 12.4 Å². The number of nitrogens with two attached hydrogens (primary N) is 1. The molecule has 0 aromatic heterocycles. The van der Waals surface area contributed by atoms with E-state index >= 15 is 0 Å². The second-order valence-electron chi connectivity index (χ2n) is 3.41. The smallest absolute Gasteiger partial charge is 0.144 e. The lowest BCUT2D eigenvalue weighted by Crippen LogP contribution is -2.08. The Morgan fingerprint density at radius 1 is 0.941 bits per heavy atom. The average Bonchev–Trinajstić information content (AvgIpc) is 2.38. The van der Waals surface area contributed by atoms with E-state index < -0.39 is 0 Å². The quantitative estimate of drug-likeness (QED) is 0.648. The first-order chi connectivity index (χ1) is 7.90. The molecule has 2 aromatic rings. The first-order valence-corrected chi connectivity index (χ1v) is 5.12. The van der Waals surface area contributed by atoms with E-state index in [2.05, 4.69) is 5.43 Å². The lowest BCUT2D eigenvalue weighted by Gasteiger charge is -2.10. The molecular formula is C13H15ClN2O. The van der Waals surface area contributed by atoms with E-state index in [1.807, 2.05) is 54.6 Å². The molecule has 4 heteroatoms. The molecule has 2 rings (SSSR count). The summed E-state index contributed by atoms with van der Waals surface area (Å²) in [6.07, 6.45) is 0. The normalized spacial score (nSPS) is 9.24. The molecule has 0 aliphatic heterocycles. The highest BCUT2D eigenvalue weighted by Gasteiger charge is 2.00. The molecule has 0 fully saturated rings. The average molecular weight is 251 g/mol. The number of hydrazine groups is 1. The Balaban J connectivity index is 0.00000144. The van der Waals surface area contributed by atoms with Crippen molar-refractivity contribution in [3.05, 3.63) is 60.2 Å². The van der Waals surface area contributed by atoms with Crippen molar-refractivity contribution < 1.29 is 4.74 Å². The molecule has 0 spiro atoms. The number of hydrogen-bond acceptors (Lipinski definition) is 3. The fourth-order valence-electron chi connectivity index (χ4n) is 1.45. The van der Waals surface area contributed by atoms with Crippen LogP contribution in [0.2, 0.25) is 0 Å². The molecule has 0 amide bonds. The van der Waals surface area contributed by atoms with E-state index in [1.165, 1.54) is 0 Å². The van der Waals surface area contributed by atoms with Gasteiger partial charge >= 0.3 is 0 Å². The number of anilines is 1. The van der Waals surface area contributed by atoms with Crippen molar-refractivity contribution in [2.75, 3.05) is 5.43 Å². The third kappa shape index (κ3) is 3.66. The first kappa shape index (κ1) is 13.4. The SMILES string of the molecule is Cl.NNc1ccccc1OCc1ccccc1. The summed E-state index contributed by atoms with van der Waals surface area (Å²) in [5.41, 5.74) is 4.53. The van der Waals surface area contributed by atoms with Crippen LogP contribution in [0, 0.1) is 0 Å². The third-order valence-electron chi connectivity index (χ3n) is 2.28. The van der Waals surface area contributed by atoms with Gasteiger partial charge in [0.25, 0.3) is 0 Å². The van der Waals surface area contributed by atoms with Crippen molar-refractivity contribution in [2.24, 2.45) is 5.84 Å². The van der Waals surface area contributed by atoms with Crippen LogP contribution >= 0.6 is 12.4 Å². The van der Waals surface area contributed by atoms with Gasteiger partial charge in [-0.15, -0.1) is 12.4 Å². The van der Waals surface area contributed by atoms with Crippen molar-refractivity contribution >= 4 is 18.1 Å². The molecule has 0 bridgehead atoms. The number of hydrogen-bond donors (Lipinski definition) is 2. The van der Waals surface area contributed by atoms with Crippen molar-refractivity contribution in [2.45, 2.75) is 6.61 Å². The molecular weight excluding hydrogens is 236 g/mol. The second kappa shape index (κ2) is 6.78. The molecule has 0 unspecified atom stereocenters. The predicted octanol–water partition coefficient (Wildman–Crippen LogP) is 2.97. The minimum absolute atomic E-state index is 0. The second-order valence-corrected chi connectivity index (χ2v) is 3.41. The summed E-state index contributed by atoms with van der Waals surface area (Å²) in [7, 11) is 0. The molecule has 3 N–H and O–H groups in total. The lowest BCUT2D eigenvalue weighted by molar-refractivity contribution is 0.307. The van der Waals surface area contributed by atoms with Gasteiger partial charge in [0.2, 0.25) is 0 Å². The van der Waals surface area contributed by atoms with E-state index in [0.717, 1.165) is 17.0 Å².